The maximum absolute atomic E-state index is 11.8. The zero-order valence-corrected chi connectivity index (χ0v) is 12.1. The molecule has 0 aromatic carbocycles. The van der Waals surface area contributed by atoms with Crippen molar-refractivity contribution in [2.24, 2.45) is 0 Å². The van der Waals surface area contributed by atoms with E-state index in [1.54, 1.807) is 13.8 Å². The lowest BCUT2D eigenvalue weighted by molar-refractivity contribution is 0.0235. The van der Waals surface area contributed by atoms with Crippen LogP contribution < -0.4 is 0 Å². The summed E-state index contributed by atoms with van der Waals surface area (Å²) in [5.74, 6) is 0.0396. The van der Waals surface area contributed by atoms with Gasteiger partial charge in [-0.3, -0.25) is 0 Å². The third kappa shape index (κ3) is 2.84. The van der Waals surface area contributed by atoms with Gasteiger partial charge in [0.15, 0.2) is 6.10 Å². The lowest BCUT2D eigenvalue weighted by Gasteiger charge is -2.06. The van der Waals surface area contributed by atoms with E-state index in [0.29, 0.717) is 11.6 Å². The van der Waals surface area contributed by atoms with Gasteiger partial charge >= 0.3 is 5.97 Å². The summed E-state index contributed by atoms with van der Waals surface area (Å²) < 4.78 is 15.5. The Kier molecular flexibility index (Phi) is 3.53. The van der Waals surface area contributed by atoms with Crippen LogP contribution in [0.2, 0.25) is 0 Å². The van der Waals surface area contributed by atoms with E-state index in [2.05, 4.69) is 15.4 Å². The van der Waals surface area contributed by atoms with Crippen molar-refractivity contribution >= 4 is 17.3 Å². The highest BCUT2D eigenvalue weighted by Crippen LogP contribution is 2.26. The first-order valence-corrected chi connectivity index (χ1v) is 7.03. The van der Waals surface area contributed by atoms with Gasteiger partial charge in [-0.05, 0) is 25.3 Å². The first kappa shape index (κ1) is 13.5. The summed E-state index contributed by atoms with van der Waals surface area (Å²) in [6.07, 6.45) is -0.677. The van der Waals surface area contributed by atoms with Crippen LogP contribution in [0.25, 0.3) is 10.8 Å². The van der Waals surface area contributed by atoms with Gasteiger partial charge in [0.2, 0.25) is 5.76 Å². The monoisotopic (exact) mass is 305 g/mol. The highest BCUT2D eigenvalue weighted by Gasteiger charge is 2.22. The van der Waals surface area contributed by atoms with Gasteiger partial charge in [0.1, 0.15) is 0 Å². The highest BCUT2D eigenvalue weighted by atomic mass is 32.1. The summed E-state index contributed by atoms with van der Waals surface area (Å²) in [7, 11) is 0. The van der Waals surface area contributed by atoms with Crippen LogP contribution in [0.15, 0.2) is 32.5 Å². The number of esters is 1. The van der Waals surface area contributed by atoms with Gasteiger partial charge in [-0.15, -0.1) is 21.5 Å². The second-order valence-electron chi connectivity index (χ2n) is 4.30. The predicted octanol–water partition coefficient (Wildman–Crippen LogP) is 3.01. The standard InChI is InChI=1S/C13H11N3O4S/c1-7-6-9(20-16-7)13(17)18-8(2)11-14-15-12(19-11)10-4-3-5-21-10/h3-6,8H,1-2H3/t8-/m1/s1. The normalized spacial score (nSPS) is 12.3. The number of carbonyl (C=O) groups is 1. The molecular weight excluding hydrogens is 294 g/mol. The number of thiophene rings is 1. The fraction of sp³-hybridized carbons (Fsp3) is 0.231. The van der Waals surface area contributed by atoms with Gasteiger partial charge in [0.05, 0.1) is 10.6 Å². The fourth-order valence-electron chi connectivity index (χ4n) is 1.63. The molecule has 3 rings (SSSR count). The quantitative estimate of drug-likeness (QED) is 0.684. The van der Waals surface area contributed by atoms with Gasteiger partial charge in [-0.25, -0.2) is 4.79 Å². The van der Waals surface area contributed by atoms with E-state index < -0.39 is 12.1 Å². The molecule has 0 spiro atoms. The largest absolute Gasteiger partial charge is 0.447 e. The van der Waals surface area contributed by atoms with Crippen LogP contribution >= 0.6 is 11.3 Å². The van der Waals surface area contributed by atoms with Crippen LogP contribution in [0.3, 0.4) is 0 Å². The molecule has 1 atom stereocenters. The summed E-state index contributed by atoms with van der Waals surface area (Å²) in [6.45, 7) is 3.36. The van der Waals surface area contributed by atoms with Crippen molar-refractivity contribution in [2.45, 2.75) is 20.0 Å². The molecule has 21 heavy (non-hydrogen) atoms. The van der Waals surface area contributed by atoms with E-state index in [1.807, 2.05) is 17.5 Å². The van der Waals surface area contributed by atoms with Crippen molar-refractivity contribution in [2.75, 3.05) is 0 Å². The Morgan fingerprint density at radius 1 is 1.43 bits per heavy atom. The lowest BCUT2D eigenvalue weighted by Crippen LogP contribution is -2.08. The first-order chi connectivity index (χ1) is 10.1. The van der Waals surface area contributed by atoms with Gasteiger partial charge in [-0.2, -0.15) is 0 Å². The zero-order chi connectivity index (χ0) is 14.8. The number of hydrogen-bond acceptors (Lipinski definition) is 8. The maximum atomic E-state index is 11.8. The summed E-state index contributed by atoms with van der Waals surface area (Å²) in [5.41, 5.74) is 0.604. The highest BCUT2D eigenvalue weighted by molar-refractivity contribution is 7.13. The molecule has 0 aliphatic carbocycles. The van der Waals surface area contributed by atoms with E-state index >= 15 is 0 Å². The van der Waals surface area contributed by atoms with Crippen molar-refractivity contribution in [3.8, 4) is 10.8 Å². The molecule has 0 amide bonds. The molecule has 0 radical (unpaired) electrons. The number of hydrogen-bond donors (Lipinski definition) is 0. The maximum Gasteiger partial charge on any atom is 0.377 e. The van der Waals surface area contributed by atoms with Crippen molar-refractivity contribution in [1.29, 1.82) is 0 Å². The first-order valence-electron chi connectivity index (χ1n) is 6.15. The Morgan fingerprint density at radius 3 is 2.95 bits per heavy atom. The molecule has 0 fully saturated rings. The molecule has 3 aromatic heterocycles. The van der Waals surface area contributed by atoms with E-state index in [9.17, 15) is 4.79 Å². The lowest BCUT2D eigenvalue weighted by atomic mass is 10.3. The summed E-state index contributed by atoms with van der Waals surface area (Å²) >= 11 is 1.49. The van der Waals surface area contributed by atoms with Crippen LogP contribution in [0.1, 0.15) is 35.2 Å². The third-order valence-corrected chi connectivity index (χ3v) is 3.49. The fourth-order valence-corrected chi connectivity index (χ4v) is 2.27. The van der Waals surface area contributed by atoms with E-state index in [-0.39, 0.29) is 11.7 Å². The number of rotatable bonds is 4. The number of nitrogens with zero attached hydrogens (tertiary/aromatic N) is 3. The molecular formula is C13H11N3O4S. The summed E-state index contributed by atoms with van der Waals surface area (Å²) in [6, 6.07) is 5.26. The predicted molar refractivity (Wildman–Crippen MR) is 72.7 cm³/mol. The van der Waals surface area contributed by atoms with Crippen LogP contribution in [0.5, 0.6) is 0 Å². The van der Waals surface area contributed by atoms with E-state index in [1.165, 1.54) is 17.4 Å². The molecule has 7 nitrogen and oxygen atoms in total. The van der Waals surface area contributed by atoms with Crippen LogP contribution in [-0.2, 0) is 4.74 Å². The Labute approximate surface area is 123 Å². The van der Waals surface area contributed by atoms with Crippen LogP contribution in [0.4, 0.5) is 0 Å². The van der Waals surface area contributed by atoms with Gasteiger partial charge < -0.3 is 13.7 Å². The Morgan fingerprint density at radius 2 is 2.29 bits per heavy atom. The second-order valence-corrected chi connectivity index (χ2v) is 5.25. The zero-order valence-electron chi connectivity index (χ0n) is 11.3. The average molecular weight is 305 g/mol. The molecule has 0 saturated carbocycles. The average Bonchev–Trinajstić information content (AvgIpc) is 3.19. The molecule has 0 aliphatic heterocycles. The van der Waals surface area contributed by atoms with Gasteiger partial charge in [0, 0.05) is 6.07 Å². The van der Waals surface area contributed by atoms with E-state index in [0.717, 1.165) is 4.88 Å². The van der Waals surface area contributed by atoms with Crippen LogP contribution in [-0.4, -0.2) is 21.3 Å². The van der Waals surface area contributed by atoms with Gasteiger partial charge in [0.25, 0.3) is 11.8 Å². The second kappa shape index (κ2) is 5.49. The SMILES string of the molecule is Cc1cc(C(=O)O[C@H](C)c2nnc(-c3cccs3)o2)on1. The summed E-state index contributed by atoms with van der Waals surface area (Å²) in [5, 5.41) is 13.4. The van der Waals surface area contributed by atoms with Crippen molar-refractivity contribution in [3.63, 3.8) is 0 Å². The molecule has 3 aromatic rings. The van der Waals surface area contributed by atoms with Crippen molar-refractivity contribution in [3.05, 3.63) is 40.9 Å². The molecule has 3 heterocycles. The van der Waals surface area contributed by atoms with Gasteiger partial charge in [-0.1, -0.05) is 11.2 Å². The Bertz CT molecular complexity index is 747. The molecule has 0 unspecified atom stereocenters. The van der Waals surface area contributed by atoms with E-state index in [4.69, 9.17) is 13.7 Å². The minimum absolute atomic E-state index is 0.0392. The minimum Gasteiger partial charge on any atom is -0.447 e. The van der Waals surface area contributed by atoms with Crippen molar-refractivity contribution in [1.82, 2.24) is 15.4 Å². The third-order valence-electron chi connectivity index (χ3n) is 2.63. The Balaban J connectivity index is 1.71. The number of carbonyl (C=O) groups excluding carboxylic acids is 1. The molecule has 0 bridgehead atoms. The summed E-state index contributed by atoms with van der Waals surface area (Å²) in [4.78, 5) is 12.7. The molecule has 0 N–H and O–H groups in total. The van der Waals surface area contributed by atoms with Crippen molar-refractivity contribution < 1.29 is 18.5 Å². The molecule has 108 valence electrons. The smallest absolute Gasteiger partial charge is 0.377 e. The molecule has 8 heteroatoms. The number of aryl methyl sites for hydroxylation is 1. The topological polar surface area (TPSA) is 91.2 Å². The molecule has 0 saturated heterocycles. The molecule has 0 aliphatic rings. The number of ether oxygens (including phenoxy) is 1. The van der Waals surface area contributed by atoms with Crippen LogP contribution in [0, 0.1) is 6.92 Å². The Hall–Kier alpha value is -2.48. The minimum atomic E-state index is -0.677. The number of aromatic nitrogens is 3.